The lowest BCUT2D eigenvalue weighted by molar-refractivity contribution is 0.0960. The third-order valence-corrected chi connectivity index (χ3v) is 6.01. The Bertz CT molecular complexity index is 1280. The molecule has 0 radical (unpaired) electrons. The van der Waals surface area contributed by atoms with Crippen LogP contribution in [0.2, 0.25) is 5.02 Å². The van der Waals surface area contributed by atoms with Gasteiger partial charge in [0.25, 0.3) is 5.91 Å². The quantitative estimate of drug-likeness (QED) is 0.611. The number of nitrogens with zero attached hydrogens (tertiary/aromatic N) is 4. The van der Waals surface area contributed by atoms with Gasteiger partial charge in [0.2, 0.25) is 0 Å². The summed E-state index contributed by atoms with van der Waals surface area (Å²) in [5.41, 5.74) is 3.62. The van der Waals surface area contributed by atoms with Crippen LogP contribution >= 0.6 is 11.6 Å². The van der Waals surface area contributed by atoms with Gasteiger partial charge in [-0.25, -0.2) is 9.18 Å². The van der Waals surface area contributed by atoms with E-state index in [4.69, 9.17) is 11.6 Å². The molecule has 0 bridgehead atoms. The minimum absolute atomic E-state index is 0.0541. The predicted octanol–water partition coefficient (Wildman–Crippen LogP) is 3.88. The van der Waals surface area contributed by atoms with Gasteiger partial charge < -0.3 is 15.5 Å². The van der Waals surface area contributed by atoms with Crippen molar-refractivity contribution in [3.63, 3.8) is 0 Å². The highest BCUT2D eigenvalue weighted by Gasteiger charge is 2.30. The van der Waals surface area contributed by atoms with Gasteiger partial charge in [0.15, 0.2) is 0 Å². The Balaban J connectivity index is 1.40. The third-order valence-electron chi connectivity index (χ3n) is 5.72. The first kappa shape index (κ1) is 21.1. The number of hydrogen-bond acceptors (Lipinski definition) is 4. The number of anilines is 1. The lowest BCUT2D eigenvalue weighted by Gasteiger charge is -2.28. The van der Waals surface area contributed by atoms with Crippen LogP contribution in [-0.4, -0.2) is 46.4 Å². The number of hydrogen-bond donors (Lipinski definition) is 2. The van der Waals surface area contributed by atoms with Crippen molar-refractivity contribution < 1.29 is 14.0 Å². The topological polar surface area (TPSA) is 91.6 Å². The van der Waals surface area contributed by atoms with E-state index in [1.807, 2.05) is 30.5 Å². The number of nitrogens with one attached hydrogen (secondary N) is 2. The second-order valence-electron chi connectivity index (χ2n) is 7.82. The SMILES string of the molecule is CNC(=O)c1c(-c2ccc(F)c(Cl)c2)nn2c1CN(C(=O)Nc1ccc(C3C=N3)cc1)CC2. The van der Waals surface area contributed by atoms with E-state index in [-0.39, 0.29) is 29.5 Å². The number of rotatable bonds is 4. The first-order valence-corrected chi connectivity index (χ1v) is 10.8. The van der Waals surface area contributed by atoms with Crippen LogP contribution < -0.4 is 10.6 Å². The average molecular weight is 467 g/mol. The number of fused-ring (bicyclic) bond motifs is 1. The van der Waals surface area contributed by atoms with Gasteiger partial charge in [0, 0.05) is 31.1 Å². The van der Waals surface area contributed by atoms with Gasteiger partial charge in [-0.3, -0.25) is 14.5 Å². The molecule has 2 aromatic carbocycles. The van der Waals surface area contributed by atoms with Crippen molar-refractivity contribution in [1.82, 2.24) is 20.0 Å². The highest BCUT2D eigenvalue weighted by molar-refractivity contribution is 6.31. The first-order valence-electron chi connectivity index (χ1n) is 10.4. The van der Waals surface area contributed by atoms with E-state index >= 15 is 0 Å². The van der Waals surface area contributed by atoms with Gasteiger partial charge in [-0.15, -0.1) is 0 Å². The molecule has 3 aromatic rings. The molecule has 2 aliphatic rings. The summed E-state index contributed by atoms with van der Waals surface area (Å²) in [7, 11) is 1.53. The Morgan fingerprint density at radius 2 is 1.91 bits per heavy atom. The van der Waals surface area contributed by atoms with Crippen LogP contribution in [0, 0.1) is 5.82 Å². The van der Waals surface area contributed by atoms with Crippen molar-refractivity contribution in [2.45, 2.75) is 19.1 Å². The van der Waals surface area contributed by atoms with Gasteiger partial charge in [0.05, 0.1) is 29.4 Å². The average Bonchev–Trinajstić information content (AvgIpc) is 3.60. The Morgan fingerprint density at radius 1 is 1.15 bits per heavy atom. The molecule has 168 valence electrons. The summed E-state index contributed by atoms with van der Waals surface area (Å²) in [6, 6.07) is 11.7. The smallest absolute Gasteiger partial charge is 0.322 e. The molecule has 3 heterocycles. The second kappa shape index (κ2) is 8.32. The van der Waals surface area contributed by atoms with Crippen LogP contribution in [0.1, 0.15) is 27.7 Å². The highest BCUT2D eigenvalue weighted by atomic mass is 35.5. The normalized spacial score (nSPS) is 16.3. The van der Waals surface area contributed by atoms with Crippen LogP contribution in [0.5, 0.6) is 0 Å². The number of aromatic nitrogens is 2. The zero-order valence-corrected chi connectivity index (χ0v) is 18.4. The number of aliphatic imine (C=N–C) groups is 1. The molecule has 8 nitrogen and oxygen atoms in total. The Kier molecular flexibility index (Phi) is 5.33. The van der Waals surface area contributed by atoms with Crippen molar-refractivity contribution >= 4 is 35.4 Å². The zero-order valence-electron chi connectivity index (χ0n) is 17.7. The molecule has 33 heavy (non-hydrogen) atoms. The summed E-state index contributed by atoms with van der Waals surface area (Å²) in [5.74, 6) is -0.891. The number of benzene rings is 2. The van der Waals surface area contributed by atoms with Crippen LogP contribution in [0.3, 0.4) is 0 Å². The molecule has 1 atom stereocenters. The number of urea groups is 1. The number of amides is 3. The fourth-order valence-electron chi connectivity index (χ4n) is 3.88. The maximum atomic E-state index is 13.7. The van der Waals surface area contributed by atoms with E-state index in [1.54, 1.807) is 9.58 Å². The largest absolute Gasteiger partial charge is 0.355 e. The molecule has 5 rings (SSSR count). The van der Waals surface area contributed by atoms with E-state index in [9.17, 15) is 14.0 Å². The van der Waals surface area contributed by atoms with E-state index in [0.29, 0.717) is 41.3 Å². The molecule has 2 aliphatic heterocycles. The first-order chi connectivity index (χ1) is 15.9. The predicted molar refractivity (Wildman–Crippen MR) is 123 cm³/mol. The number of carbonyl (C=O) groups is 2. The molecule has 10 heteroatoms. The summed E-state index contributed by atoms with van der Waals surface area (Å²) in [5, 5.41) is 10.1. The molecule has 0 aliphatic carbocycles. The van der Waals surface area contributed by atoms with Crippen molar-refractivity contribution in [2.24, 2.45) is 4.99 Å². The van der Waals surface area contributed by atoms with Crippen LogP contribution in [-0.2, 0) is 13.1 Å². The highest BCUT2D eigenvalue weighted by Crippen LogP contribution is 2.31. The Morgan fingerprint density at radius 3 is 2.58 bits per heavy atom. The number of halogens is 2. The van der Waals surface area contributed by atoms with E-state index in [1.165, 1.54) is 25.2 Å². The summed E-state index contributed by atoms with van der Waals surface area (Å²) in [6.07, 6.45) is 1.86. The van der Waals surface area contributed by atoms with Gasteiger partial charge in [-0.2, -0.15) is 5.10 Å². The maximum Gasteiger partial charge on any atom is 0.322 e. The van der Waals surface area contributed by atoms with Crippen molar-refractivity contribution in [1.29, 1.82) is 0 Å². The fraction of sp³-hybridized carbons (Fsp3) is 0.217. The molecule has 1 unspecified atom stereocenters. The molecule has 0 spiro atoms. The van der Waals surface area contributed by atoms with Crippen molar-refractivity contribution in [3.8, 4) is 11.3 Å². The summed E-state index contributed by atoms with van der Waals surface area (Å²) < 4.78 is 15.4. The fourth-order valence-corrected chi connectivity index (χ4v) is 4.06. The van der Waals surface area contributed by atoms with Crippen molar-refractivity contribution in [2.75, 3.05) is 18.9 Å². The van der Waals surface area contributed by atoms with E-state index in [0.717, 1.165) is 5.56 Å². The van der Waals surface area contributed by atoms with E-state index in [2.05, 4.69) is 20.7 Å². The molecular weight excluding hydrogens is 447 g/mol. The minimum atomic E-state index is -0.550. The van der Waals surface area contributed by atoms with Gasteiger partial charge in [0.1, 0.15) is 17.6 Å². The standard InChI is InChI=1S/C23H20ClFN6O2/c1-26-22(32)20-19-12-30(23(33)28-15-5-2-13(3-6-15)18-11-27-18)8-9-31(19)29-21(20)14-4-7-17(25)16(24)10-14/h2-7,10-11,18H,8-9,12H2,1H3,(H,26,32)(H,28,33). The minimum Gasteiger partial charge on any atom is -0.355 e. The van der Waals surface area contributed by atoms with Crippen LogP contribution in [0.25, 0.3) is 11.3 Å². The molecule has 0 saturated heterocycles. The monoisotopic (exact) mass is 466 g/mol. The van der Waals surface area contributed by atoms with Gasteiger partial charge in [-0.05, 0) is 35.9 Å². The zero-order chi connectivity index (χ0) is 23.1. The molecule has 0 fully saturated rings. The molecule has 3 amide bonds. The van der Waals surface area contributed by atoms with E-state index < -0.39 is 5.82 Å². The number of carbonyl (C=O) groups excluding carboxylic acids is 2. The Labute approximate surface area is 194 Å². The van der Waals surface area contributed by atoms with Crippen LogP contribution in [0.4, 0.5) is 14.9 Å². The summed E-state index contributed by atoms with van der Waals surface area (Å²) in [6.45, 7) is 1.04. The summed E-state index contributed by atoms with van der Waals surface area (Å²) >= 11 is 5.95. The molecular formula is C23H20ClFN6O2. The lowest BCUT2D eigenvalue weighted by Crippen LogP contribution is -2.41. The molecule has 0 saturated carbocycles. The van der Waals surface area contributed by atoms with Crippen molar-refractivity contribution in [3.05, 3.63) is 70.1 Å². The molecule has 1 aromatic heterocycles. The van der Waals surface area contributed by atoms with Gasteiger partial charge in [-0.1, -0.05) is 23.7 Å². The van der Waals surface area contributed by atoms with Gasteiger partial charge >= 0.3 is 6.03 Å². The van der Waals surface area contributed by atoms with Crippen LogP contribution in [0.15, 0.2) is 47.5 Å². The maximum absolute atomic E-state index is 13.7. The Hall–Kier alpha value is -3.72. The summed E-state index contributed by atoms with van der Waals surface area (Å²) in [4.78, 5) is 31.4. The second-order valence-corrected chi connectivity index (χ2v) is 8.23. The third kappa shape index (κ3) is 4.07. The molecule has 2 N–H and O–H groups in total. The lowest BCUT2D eigenvalue weighted by atomic mass is 10.0.